The maximum atomic E-state index is 5.68. The third-order valence-electron chi connectivity index (χ3n) is 1.85. The maximum absolute atomic E-state index is 5.68. The van der Waals surface area contributed by atoms with E-state index in [9.17, 15) is 0 Å². The third-order valence-corrected chi connectivity index (χ3v) is 1.85. The molecule has 0 rings (SSSR count). The Labute approximate surface area is 82.4 Å². The lowest BCUT2D eigenvalue weighted by molar-refractivity contribution is -0.0143. The van der Waals surface area contributed by atoms with Crippen molar-refractivity contribution in [2.75, 3.05) is 13.7 Å². The SMILES string of the molecule is C=CCCC(COC(C)(C)C)NC. The van der Waals surface area contributed by atoms with Gasteiger partial charge >= 0.3 is 0 Å². The van der Waals surface area contributed by atoms with E-state index in [-0.39, 0.29) is 5.60 Å². The third kappa shape index (κ3) is 8.00. The summed E-state index contributed by atoms with van der Waals surface area (Å²) in [5.41, 5.74) is -0.0384. The summed E-state index contributed by atoms with van der Waals surface area (Å²) in [5, 5.41) is 3.24. The van der Waals surface area contributed by atoms with Crippen molar-refractivity contribution in [3.8, 4) is 0 Å². The molecule has 0 saturated carbocycles. The fourth-order valence-electron chi connectivity index (χ4n) is 0.981. The van der Waals surface area contributed by atoms with Gasteiger partial charge in [0, 0.05) is 6.04 Å². The smallest absolute Gasteiger partial charge is 0.0626 e. The van der Waals surface area contributed by atoms with E-state index in [0.29, 0.717) is 6.04 Å². The molecule has 2 nitrogen and oxygen atoms in total. The van der Waals surface area contributed by atoms with Crippen LogP contribution < -0.4 is 5.32 Å². The van der Waals surface area contributed by atoms with Gasteiger partial charge in [0.2, 0.25) is 0 Å². The van der Waals surface area contributed by atoms with E-state index in [2.05, 4.69) is 32.7 Å². The molecule has 0 spiro atoms. The Morgan fingerprint density at radius 3 is 2.46 bits per heavy atom. The minimum atomic E-state index is -0.0384. The summed E-state index contributed by atoms with van der Waals surface area (Å²) in [6, 6.07) is 0.442. The molecule has 0 aliphatic carbocycles. The van der Waals surface area contributed by atoms with E-state index >= 15 is 0 Å². The van der Waals surface area contributed by atoms with Gasteiger partial charge in [0.25, 0.3) is 0 Å². The molecule has 0 amide bonds. The van der Waals surface area contributed by atoms with Gasteiger partial charge in [0.05, 0.1) is 12.2 Å². The summed E-state index contributed by atoms with van der Waals surface area (Å²) >= 11 is 0. The van der Waals surface area contributed by atoms with E-state index in [1.54, 1.807) is 0 Å². The first-order valence-electron chi connectivity index (χ1n) is 4.91. The van der Waals surface area contributed by atoms with Crippen molar-refractivity contribution in [1.82, 2.24) is 5.32 Å². The number of hydrogen-bond acceptors (Lipinski definition) is 2. The fourth-order valence-corrected chi connectivity index (χ4v) is 0.981. The summed E-state index contributed by atoms with van der Waals surface area (Å²) in [5.74, 6) is 0. The predicted octanol–water partition coefficient (Wildman–Crippen LogP) is 2.36. The number of allylic oxidation sites excluding steroid dienone is 1. The largest absolute Gasteiger partial charge is 0.374 e. The number of rotatable bonds is 6. The lowest BCUT2D eigenvalue weighted by Gasteiger charge is -2.24. The van der Waals surface area contributed by atoms with Gasteiger partial charge < -0.3 is 10.1 Å². The Morgan fingerprint density at radius 1 is 1.46 bits per heavy atom. The molecule has 0 aliphatic heterocycles. The molecule has 0 aromatic carbocycles. The molecule has 0 heterocycles. The topological polar surface area (TPSA) is 21.3 Å². The summed E-state index contributed by atoms with van der Waals surface area (Å²) in [6.45, 7) is 10.7. The molecule has 1 unspecified atom stereocenters. The van der Waals surface area contributed by atoms with Crippen LogP contribution in [0.25, 0.3) is 0 Å². The van der Waals surface area contributed by atoms with Gasteiger partial charge in [-0.25, -0.2) is 0 Å². The van der Waals surface area contributed by atoms with Crippen LogP contribution in [0.5, 0.6) is 0 Å². The standard InChI is InChI=1S/C11H23NO/c1-6-7-8-10(12-5)9-13-11(2,3)4/h6,10,12H,1,7-9H2,2-5H3. The van der Waals surface area contributed by atoms with E-state index in [4.69, 9.17) is 4.74 Å². The molecule has 2 heteroatoms. The molecule has 0 aliphatic rings. The zero-order valence-electron chi connectivity index (χ0n) is 9.39. The first kappa shape index (κ1) is 12.7. The highest BCUT2D eigenvalue weighted by Crippen LogP contribution is 2.08. The van der Waals surface area contributed by atoms with Crippen molar-refractivity contribution in [3.63, 3.8) is 0 Å². The maximum Gasteiger partial charge on any atom is 0.0626 e. The number of likely N-dealkylation sites (N-methyl/N-ethyl adjacent to an activating group) is 1. The molecule has 0 radical (unpaired) electrons. The first-order valence-corrected chi connectivity index (χ1v) is 4.91. The van der Waals surface area contributed by atoms with Crippen molar-refractivity contribution < 1.29 is 4.74 Å². The van der Waals surface area contributed by atoms with E-state index < -0.39 is 0 Å². The van der Waals surface area contributed by atoms with Crippen LogP contribution in [0.4, 0.5) is 0 Å². The van der Waals surface area contributed by atoms with Crippen molar-refractivity contribution >= 4 is 0 Å². The van der Waals surface area contributed by atoms with Crippen LogP contribution in [0.15, 0.2) is 12.7 Å². The van der Waals surface area contributed by atoms with Crippen molar-refractivity contribution in [2.45, 2.75) is 45.3 Å². The van der Waals surface area contributed by atoms with Gasteiger partial charge in [0.1, 0.15) is 0 Å². The predicted molar refractivity (Wildman–Crippen MR) is 58.0 cm³/mol. The van der Waals surface area contributed by atoms with Crippen LogP contribution in [-0.4, -0.2) is 25.3 Å². The van der Waals surface area contributed by atoms with Crippen LogP contribution in [0.3, 0.4) is 0 Å². The van der Waals surface area contributed by atoms with E-state index in [1.165, 1.54) is 0 Å². The first-order chi connectivity index (χ1) is 5.99. The molecular formula is C11H23NO. The molecule has 1 atom stereocenters. The molecule has 1 N–H and O–H groups in total. The monoisotopic (exact) mass is 185 g/mol. The average Bonchev–Trinajstić information content (AvgIpc) is 2.03. The molecular weight excluding hydrogens is 162 g/mol. The second-order valence-corrected chi connectivity index (χ2v) is 4.28. The molecule has 78 valence electrons. The number of ether oxygens (including phenoxy) is 1. The second-order valence-electron chi connectivity index (χ2n) is 4.28. The summed E-state index contributed by atoms with van der Waals surface area (Å²) in [6.07, 6.45) is 4.08. The average molecular weight is 185 g/mol. The zero-order valence-corrected chi connectivity index (χ0v) is 9.39. The van der Waals surface area contributed by atoms with Crippen molar-refractivity contribution in [3.05, 3.63) is 12.7 Å². The highest BCUT2D eigenvalue weighted by molar-refractivity contribution is 4.73. The summed E-state index contributed by atoms with van der Waals surface area (Å²) < 4.78 is 5.68. The van der Waals surface area contributed by atoms with Gasteiger partial charge in [-0.3, -0.25) is 0 Å². The van der Waals surface area contributed by atoms with Crippen molar-refractivity contribution in [1.29, 1.82) is 0 Å². The quantitative estimate of drug-likeness (QED) is 0.641. The highest BCUT2D eigenvalue weighted by Gasteiger charge is 2.13. The van der Waals surface area contributed by atoms with Gasteiger partial charge in [-0.1, -0.05) is 6.08 Å². The Kier molecular flexibility index (Phi) is 6.00. The lowest BCUT2D eigenvalue weighted by atomic mass is 10.1. The van der Waals surface area contributed by atoms with Gasteiger partial charge in [0.15, 0.2) is 0 Å². The summed E-state index contributed by atoms with van der Waals surface area (Å²) in [7, 11) is 1.97. The molecule has 0 aromatic heterocycles. The van der Waals surface area contributed by atoms with Gasteiger partial charge in [-0.2, -0.15) is 0 Å². The van der Waals surface area contributed by atoms with Crippen LogP contribution in [0, 0.1) is 0 Å². The van der Waals surface area contributed by atoms with Crippen LogP contribution in [-0.2, 0) is 4.74 Å². The minimum Gasteiger partial charge on any atom is -0.374 e. The Hall–Kier alpha value is -0.340. The Morgan fingerprint density at radius 2 is 2.08 bits per heavy atom. The van der Waals surface area contributed by atoms with Crippen molar-refractivity contribution in [2.24, 2.45) is 0 Å². The Balaban J connectivity index is 3.65. The molecule has 0 fully saturated rings. The van der Waals surface area contributed by atoms with Crippen LogP contribution in [0.2, 0.25) is 0 Å². The second kappa shape index (κ2) is 6.17. The highest BCUT2D eigenvalue weighted by atomic mass is 16.5. The normalized spacial score (nSPS) is 14.2. The zero-order chi connectivity index (χ0) is 10.3. The number of nitrogens with one attached hydrogen (secondary N) is 1. The van der Waals surface area contributed by atoms with Gasteiger partial charge in [-0.05, 0) is 40.7 Å². The van der Waals surface area contributed by atoms with E-state index in [1.807, 2.05) is 13.1 Å². The minimum absolute atomic E-state index is 0.0384. The molecule has 0 saturated heterocycles. The molecule has 0 bridgehead atoms. The fraction of sp³-hybridized carbons (Fsp3) is 0.818. The van der Waals surface area contributed by atoms with Crippen LogP contribution in [0.1, 0.15) is 33.6 Å². The molecule has 13 heavy (non-hydrogen) atoms. The Bertz CT molecular complexity index is 138. The summed E-state index contributed by atoms with van der Waals surface area (Å²) in [4.78, 5) is 0. The molecule has 0 aromatic rings. The lowest BCUT2D eigenvalue weighted by Crippen LogP contribution is -2.34. The van der Waals surface area contributed by atoms with E-state index in [0.717, 1.165) is 19.4 Å². The number of hydrogen-bond donors (Lipinski definition) is 1. The van der Waals surface area contributed by atoms with Crippen LogP contribution >= 0.6 is 0 Å². The van der Waals surface area contributed by atoms with Gasteiger partial charge in [-0.15, -0.1) is 6.58 Å².